The predicted octanol–water partition coefficient (Wildman–Crippen LogP) is 3.65. The minimum atomic E-state index is -0.229. The molecule has 0 fully saturated rings. The first-order chi connectivity index (χ1) is 8.20. The number of halogens is 2. The van der Waals surface area contributed by atoms with Gasteiger partial charge in [-0.05, 0) is 48.4 Å². The molecule has 0 amide bonds. The van der Waals surface area contributed by atoms with Crippen molar-refractivity contribution in [1.82, 2.24) is 0 Å². The minimum absolute atomic E-state index is 0.229. The molecule has 17 heavy (non-hydrogen) atoms. The van der Waals surface area contributed by atoms with Gasteiger partial charge in [0.05, 0.1) is 0 Å². The van der Waals surface area contributed by atoms with E-state index in [2.05, 4.69) is 0 Å². The van der Waals surface area contributed by atoms with E-state index < -0.39 is 0 Å². The second-order valence-corrected chi connectivity index (χ2v) is 4.30. The van der Waals surface area contributed by atoms with Gasteiger partial charge in [-0.1, -0.05) is 29.8 Å². The van der Waals surface area contributed by atoms with Crippen LogP contribution >= 0.6 is 11.6 Å². The Morgan fingerprint density at radius 1 is 1.06 bits per heavy atom. The molecule has 0 bridgehead atoms. The number of nitrogens with two attached hydrogens (primary N) is 1. The number of hydrogen-bond acceptors (Lipinski definition) is 1. The lowest BCUT2D eigenvalue weighted by Gasteiger charge is -2.06. The number of rotatable bonds is 3. The molecule has 0 heterocycles. The van der Waals surface area contributed by atoms with Crippen LogP contribution in [0, 0.1) is 5.82 Å². The normalized spacial score (nSPS) is 10.5. The molecule has 2 N–H and O–H groups in total. The largest absolute Gasteiger partial charge is 0.330 e. The van der Waals surface area contributed by atoms with Gasteiger partial charge in [0.1, 0.15) is 5.82 Å². The van der Waals surface area contributed by atoms with Gasteiger partial charge >= 0.3 is 0 Å². The number of hydrogen-bond donors (Lipinski definition) is 1. The lowest BCUT2D eigenvalue weighted by molar-refractivity contribution is 0.630. The van der Waals surface area contributed by atoms with Gasteiger partial charge < -0.3 is 5.73 Å². The topological polar surface area (TPSA) is 26.0 Å². The van der Waals surface area contributed by atoms with Gasteiger partial charge in [-0.15, -0.1) is 0 Å². The average molecular weight is 250 g/mol. The van der Waals surface area contributed by atoms with Crippen molar-refractivity contribution in [1.29, 1.82) is 0 Å². The summed E-state index contributed by atoms with van der Waals surface area (Å²) < 4.78 is 13.7. The Morgan fingerprint density at radius 3 is 2.41 bits per heavy atom. The summed E-state index contributed by atoms with van der Waals surface area (Å²) in [4.78, 5) is 0. The van der Waals surface area contributed by atoms with Crippen LogP contribution in [0.4, 0.5) is 4.39 Å². The van der Waals surface area contributed by atoms with Crippen LogP contribution in [-0.2, 0) is 6.42 Å². The molecular formula is C14H13ClFN. The monoisotopic (exact) mass is 249 g/mol. The van der Waals surface area contributed by atoms with Gasteiger partial charge in [-0.3, -0.25) is 0 Å². The second-order valence-electron chi connectivity index (χ2n) is 3.86. The van der Waals surface area contributed by atoms with Gasteiger partial charge in [0.15, 0.2) is 0 Å². The SMILES string of the molecule is NCCc1ccc(F)c(-c2ccc(Cl)cc2)c1. The Kier molecular flexibility index (Phi) is 3.77. The van der Waals surface area contributed by atoms with Crippen molar-refractivity contribution < 1.29 is 4.39 Å². The van der Waals surface area contributed by atoms with Crippen LogP contribution in [0.5, 0.6) is 0 Å². The standard InChI is InChI=1S/C14H13ClFN/c15-12-4-2-11(3-5-12)13-9-10(7-8-17)1-6-14(13)16/h1-6,9H,7-8,17H2. The maximum Gasteiger partial charge on any atom is 0.131 e. The van der Waals surface area contributed by atoms with Crippen LogP contribution in [0.25, 0.3) is 11.1 Å². The fraction of sp³-hybridized carbons (Fsp3) is 0.143. The van der Waals surface area contributed by atoms with Crippen molar-refractivity contribution in [2.75, 3.05) is 6.54 Å². The smallest absolute Gasteiger partial charge is 0.131 e. The molecule has 0 aliphatic carbocycles. The van der Waals surface area contributed by atoms with Gasteiger partial charge in [0.2, 0.25) is 0 Å². The quantitative estimate of drug-likeness (QED) is 0.883. The van der Waals surface area contributed by atoms with Gasteiger partial charge in [0.25, 0.3) is 0 Å². The van der Waals surface area contributed by atoms with Gasteiger partial charge in [-0.2, -0.15) is 0 Å². The van der Waals surface area contributed by atoms with E-state index in [1.54, 1.807) is 18.2 Å². The van der Waals surface area contributed by atoms with Crippen molar-refractivity contribution >= 4 is 11.6 Å². The van der Waals surface area contributed by atoms with E-state index in [9.17, 15) is 4.39 Å². The summed E-state index contributed by atoms with van der Waals surface area (Å²) in [5.41, 5.74) is 7.95. The minimum Gasteiger partial charge on any atom is -0.330 e. The highest BCUT2D eigenvalue weighted by atomic mass is 35.5. The van der Waals surface area contributed by atoms with Crippen molar-refractivity contribution in [2.45, 2.75) is 6.42 Å². The Morgan fingerprint density at radius 2 is 1.76 bits per heavy atom. The van der Waals surface area contributed by atoms with Gasteiger partial charge in [0, 0.05) is 10.6 Å². The summed E-state index contributed by atoms with van der Waals surface area (Å²) in [5.74, 6) is -0.229. The summed E-state index contributed by atoms with van der Waals surface area (Å²) in [6, 6.07) is 12.2. The van der Waals surface area contributed by atoms with E-state index in [0.29, 0.717) is 17.1 Å². The molecule has 0 saturated carbocycles. The molecule has 0 radical (unpaired) electrons. The molecule has 0 spiro atoms. The van der Waals surface area contributed by atoms with E-state index in [4.69, 9.17) is 17.3 Å². The van der Waals surface area contributed by atoms with Crippen molar-refractivity contribution in [3.8, 4) is 11.1 Å². The number of benzene rings is 2. The zero-order valence-electron chi connectivity index (χ0n) is 9.29. The highest BCUT2D eigenvalue weighted by Gasteiger charge is 2.06. The molecule has 0 unspecified atom stereocenters. The zero-order chi connectivity index (χ0) is 12.3. The summed E-state index contributed by atoms with van der Waals surface area (Å²) in [6.45, 7) is 0.561. The van der Waals surface area contributed by atoms with Crippen molar-refractivity contribution in [3.63, 3.8) is 0 Å². The van der Waals surface area contributed by atoms with E-state index >= 15 is 0 Å². The fourth-order valence-electron chi connectivity index (χ4n) is 1.75. The molecular weight excluding hydrogens is 237 g/mol. The van der Waals surface area contributed by atoms with Crippen LogP contribution in [0.15, 0.2) is 42.5 Å². The molecule has 3 heteroatoms. The molecule has 2 aromatic rings. The maximum absolute atomic E-state index is 13.7. The Hall–Kier alpha value is -1.38. The fourth-order valence-corrected chi connectivity index (χ4v) is 1.87. The maximum atomic E-state index is 13.7. The molecule has 88 valence electrons. The van der Waals surface area contributed by atoms with Crippen LogP contribution in [0.3, 0.4) is 0 Å². The van der Waals surface area contributed by atoms with Crippen molar-refractivity contribution in [3.05, 3.63) is 58.9 Å². The van der Waals surface area contributed by atoms with E-state index in [0.717, 1.165) is 17.5 Å². The molecule has 2 rings (SSSR count). The molecule has 0 aliphatic rings. The Labute approximate surface area is 105 Å². The second kappa shape index (κ2) is 5.30. The summed E-state index contributed by atoms with van der Waals surface area (Å²) in [6.07, 6.45) is 0.751. The zero-order valence-corrected chi connectivity index (χ0v) is 10.0. The first-order valence-corrected chi connectivity index (χ1v) is 5.83. The third-order valence-corrected chi connectivity index (χ3v) is 2.87. The lowest BCUT2D eigenvalue weighted by atomic mass is 10.0. The molecule has 1 nitrogen and oxygen atoms in total. The summed E-state index contributed by atoms with van der Waals surface area (Å²) in [5, 5.41) is 0.646. The first kappa shape index (κ1) is 12.1. The summed E-state index contributed by atoms with van der Waals surface area (Å²) in [7, 11) is 0. The third-order valence-electron chi connectivity index (χ3n) is 2.62. The molecule has 0 aromatic heterocycles. The molecule has 2 aromatic carbocycles. The Balaban J connectivity index is 2.42. The molecule has 0 atom stereocenters. The average Bonchev–Trinajstić information content (AvgIpc) is 2.33. The van der Waals surface area contributed by atoms with Crippen molar-refractivity contribution in [2.24, 2.45) is 5.73 Å². The van der Waals surface area contributed by atoms with Crippen LogP contribution in [0.1, 0.15) is 5.56 Å². The first-order valence-electron chi connectivity index (χ1n) is 5.45. The van der Waals surface area contributed by atoms with Gasteiger partial charge in [-0.25, -0.2) is 4.39 Å². The molecule has 0 saturated heterocycles. The van der Waals surface area contributed by atoms with Crippen LogP contribution in [-0.4, -0.2) is 6.54 Å². The van der Waals surface area contributed by atoms with E-state index in [1.165, 1.54) is 6.07 Å². The Bertz CT molecular complexity index is 508. The van der Waals surface area contributed by atoms with Crippen LogP contribution in [0.2, 0.25) is 5.02 Å². The molecule has 0 aliphatic heterocycles. The summed E-state index contributed by atoms with van der Waals surface area (Å²) >= 11 is 5.81. The van der Waals surface area contributed by atoms with E-state index in [-0.39, 0.29) is 5.82 Å². The van der Waals surface area contributed by atoms with E-state index in [1.807, 2.05) is 18.2 Å². The lowest BCUT2D eigenvalue weighted by Crippen LogP contribution is -2.03. The predicted molar refractivity (Wildman–Crippen MR) is 69.6 cm³/mol. The van der Waals surface area contributed by atoms with Crippen LogP contribution < -0.4 is 5.73 Å². The third kappa shape index (κ3) is 2.84. The highest BCUT2D eigenvalue weighted by Crippen LogP contribution is 2.25. The highest BCUT2D eigenvalue weighted by molar-refractivity contribution is 6.30.